The number of hydrogen-bond donors (Lipinski definition) is 5. The minimum atomic E-state index is -0.843. The van der Waals surface area contributed by atoms with Crippen molar-refractivity contribution in [3.05, 3.63) is 11.6 Å². The van der Waals surface area contributed by atoms with Crippen LogP contribution in [0.15, 0.2) is 6.07 Å². The summed E-state index contributed by atoms with van der Waals surface area (Å²) in [6, 6.07) is 0.531. The number of hydrogen-bond acceptors (Lipinski definition) is 5. The van der Waals surface area contributed by atoms with E-state index in [4.69, 9.17) is 16.6 Å². The fraction of sp³-hybridized carbons (Fsp3) is 0.429. The summed E-state index contributed by atoms with van der Waals surface area (Å²) >= 11 is 0.975. The third-order valence-corrected chi connectivity index (χ3v) is 4.89. The van der Waals surface area contributed by atoms with E-state index < -0.39 is 23.8 Å². The average molecular weight is 354 g/mol. The topological polar surface area (TPSA) is 165 Å². The zero-order chi connectivity index (χ0) is 17.9. The van der Waals surface area contributed by atoms with Gasteiger partial charge >= 0.3 is 12.0 Å². The average Bonchev–Trinajstić information content (AvgIpc) is 2.89. The molecule has 0 spiro atoms. The second-order valence-electron chi connectivity index (χ2n) is 5.58. The predicted octanol–water partition coefficient (Wildman–Crippen LogP) is 1.17. The van der Waals surface area contributed by atoms with Gasteiger partial charge in [-0.15, -0.1) is 0 Å². The van der Waals surface area contributed by atoms with Crippen LogP contribution >= 0.6 is 11.3 Å². The van der Waals surface area contributed by atoms with Crippen molar-refractivity contribution in [1.29, 1.82) is 0 Å². The molecule has 0 radical (unpaired) electrons. The highest BCUT2D eigenvalue weighted by molar-refractivity contribution is 7.20. The Morgan fingerprint density at radius 1 is 1.04 bits per heavy atom. The molecule has 130 valence electrons. The molecule has 24 heavy (non-hydrogen) atoms. The molecule has 1 fully saturated rings. The van der Waals surface area contributed by atoms with Crippen molar-refractivity contribution >= 4 is 45.2 Å². The standard InChI is InChI=1S/C14H18N4O5S/c15-10(19)8-5-9(24-12(8)18-14(16)23)17-11(20)6-1-3-7(4-2-6)13(21)22/h5-7H,1-4H2,(H2,15,19)(H,17,20)(H,21,22)(H3,16,18,23). The zero-order valence-electron chi connectivity index (χ0n) is 12.7. The van der Waals surface area contributed by atoms with Crippen molar-refractivity contribution in [1.82, 2.24) is 0 Å². The Kier molecular flexibility index (Phi) is 5.39. The molecule has 0 aromatic carbocycles. The number of aliphatic carboxylic acids is 1. The van der Waals surface area contributed by atoms with Crippen LogP contribution in [0.3, 0.4) is 0 Å². The van der Waals surface area contributed by atoms with Crippen LogP contribution in [0.5, 0.6) is 0 Å². The monoisotopic (exact) mass is 354 g/mol. The summed E-state index contributed by atoms with van der Waals surface area (Å²) < 4.78 is 0. The summed E-state index contributed by atoms with van der Waals surface area (Å²) in [6.45, 7) is 0. The lowest BCUT2D eigenvalue weighted by Crippen LogP contribution is -2.29. The molecule has 0 saturated heterocycles. The molecule has 10 heteroatoms. The van der Waals surface area contributed by atoms with Gasteiger partial charge in [-0.2, -0.15) is 0 Å². The number of nitrogens with two attached hydrogens (primary N) is 2. The van der Waals surface area contributed by atoms with Crippen molar-refractivity contribution in [3.63, 3.8) is 0 Å². The summed E-state index contributed by atoms with van der Waals surface area (Å²) in [5.41, 5.74) is 10.3. The van der Waals surface area contributed by atoms with Gasteiger partial charge in [-0.05, 0) is 31.7 Å². The molecule has 1 aliphatic carbocycles. The van der Waals surface area contributed by atoms with E-state index in [0.29, 0.717) is 30.7 Å². The second kappa shape index (κ2) is 7.30. The Morgan fingerprint density at radius 2 is 1.62 bits per heavy atom. The molecule has 4 amide bonds. The third kappa shape index (κ3) is 4.22. The van der Waals surface area contributed by atoms with E-state index in [9.17, 15) is 19.2 Å². The largest absolute Gasteiger partial charge is 0.481 e. The number of rotatable bonds is 5. The van der Waals surface area contributed by atoms with Crippen LogP contribution in [0.2, 0.25) is 0 Å². The van der Waals surface area contributed by atoms with E-state index >= 15 is 0 Å². The molecule has 0 unspecified atom stereocenters. The lowest BCUT2D eigenvalue weighted by atomic mass is 9.81. The first-order valence-corrected chi connectivity index (χ1v) is 8.13. The highest BCUT2D eigenvalue weighted by Crippen LogP contribution is 2.34. The molecule has 9 nitrogen and oxygen atoms in total. The number of urea groups is 1. The van der Waals surface area contributed by atoms with Crippen LogP contribution in [-0.4, -0.2) is 28.9 Å². The van der Waals surface area contributed by atoms with E-state index in [0.717, 1.165) is 11.3 Å². The molecule has 2 rings (SSSR count). The SMILES string of the molecule is NC(=O)Nc1sc(NC(=O)C2CCC(C(=O)O)CC2)cc1C(N)=O. The zero-order valence-corrected chi connectivity index (χ0v) is 13.5. The van der Waals surface area contributed by atoms with Gasteiger partial charge in [0.05, 0.1) is 16.5 Å². The second-order valence-corrected chi connectivity index (χ2v) is 6.64. The summed E-state index contributed by atoms with van der Waals surface area (Å²) in [5.74, 6) is -2.52. The van der Waals surface area contributed by atoms with Crippen LogP contribution in [-0.2, 0) is 9.59 Å². The number of carbonyl (C=O) groups is 4. The lowest BCUT2D eigenvalue weighted by molar-refractivity contribution is -0.143. The van der Waals surface area contributed by atoms with E-state index in [-0.39, 0.29) is 22.4 Å². The molecule has 1 saturated carbocycles. The minimum Gasteiger partial charge on any atom is -0.481 e. The van der Waals surface area contributed by atoms with Crippen molar-refractivity contribution < 1.29 is 24.3 Å². The third-order valence-electron chi connectivity index (χ3n) is 3.93. The first-order valence-electron chi connectivity index (χ1n) is 7.31. The van der Waals surface area contributed by atoms with Crippen LogP contribution in [0.4, 0.5) is 14.8 Å². The number of thiophene rings is 1. The molecule has 0 bridgehead atoms. The molecule has 0 atom stereocenters. The van der Waals surface area contributed by atoms with Crippen LogP contribution in [0.25, 0.3) is 0 Å². The van der Waals surface area contributed by atoms with Gasteiger partial charge in [-0.3, -0.25) is 19.7 Å². The number of carbonyl (C=O) groups excluding carboxylic acids is 3. The predicted molar refractivity (Wildman–Crippen MR) is 87.8 cm³/mol. The Balaban J connectivity index is 2.03. The fourth-order valence-corrected chi connectivity index (χ4v) is 3.64. The summed E-state index contributed by atoms with van der Waals surface area (Å²) in [7, 11) is 0. The normalized spacial score (nSPS) is 20.2. The van der Waals surface area contributed by atoms with Crippen molar-refractivity contribution in [3.8, 4) is 0 Å². The van der Waals surface area contributed by atoms with Crippen LogP contribution in [0.1, 0.15) is 36.0 Å². The van der Waals surface area contributed by atoms with Gasteiger partial charge in [-0.1, -0.05) is 11.3 Å². The first kappa shape index (κ1) is 17.7. The van der Waals surface area contributed by atoms with Gasteiger partial charge < -0.3 is 21.9 Å². The molecule has 1 aliphatic rings. The molecule has 1 aromatic heterocycles. The van der Waals surface area contributed by atoms with Crippen molar-refractivity contribution in [2.24, 2.45) is 23.3 Å². The van der Waals surface area contributed by atoms with E-state index in [1.165, 1.54) is 6.07 Å². The quantitative estimate of drug-likeness (QED) is 0.534. The maximum atomic E-state index is 12.3. The van der Waals surface area contributed by atoms with Gasteiger partial charge in [0.25, 0.3) is 5.91 Å². The maximum Gasteiger partial charge on any atom is 0.317 e. The Labute approximate surface area is 141 Å². The van der Waals surface area contributed by atoms with E-state index in [1.807, 2.05) is 0 Å². The van der Waals surface area contributed by atoms with Crippen molar-refractivity contribution in [2.75, 3.05) is 10.6 Å². The number of amides is 4. The Hall–Kier alpha value is -2.62. The van der Waals surface area contributed by atoms with Gasteiger partial charge in [0.15, 0.2) is 0 Å². The Bertz CT molecular complexity index is 679. The van der Waals surface area contributed by atoms with Gasteiger partial charge in [0, 0.05) is 5.92 Å². The fourth-order valence-electron chi connectivity index (χ4n) is 2.67. The molecule has 1 aromatic rings. The molecular formula is C14H18N4O5S. The smallest absolute Gasteiger partial charge is 0.317 e. The number of primary amides is 2. The summed E-state index contributed by atoms with van der Waals surface area (Å²) in [6.07, 6.45) is 1.89. The summed E-state index contributed by atoms with van der Waals surface area (Å²) in [5, 5.41) is 14.5. The maximum absolute atomic E-state index is 12.3. The number of carboxylic acids is 1. The molecule has 1 heterocycles. The van der Waals surface area contributed by atoms with E-state index in [1.54, 1.807) is 0 Å². The number of nitrogens with one attached hydrogen (secondary N) is 2. The highest BCUT2D eigenvalue weighted by atomic mass is 32.1. The number of carboxylic acid groups (broad SMARTS) is 1. The van der Waals surface area contributed by atoms with Crippen LogP contribution < -0.4 is 22.1 Å². The molecular weight excluding hydrogens is 336 g/mol. The summed E-state index contributed by atoms with van der Waals surface area (Å²) in [4.78, 5) is 45.5. The van der Waals surface area contributed by atoms with Gasteiger partial charge in [0.1, 0.15) is 5.00 Å². The Morgan fingerprint density at radius 3 is 2.12 bits per heavy atom. The van der Waals surface area contributed by atoms with Gasteiger partial charge in [-0.25, -0.2) is 4.79 Å². The van der Waals surface area contributed by atoms with Gasteiger partial charge in [0.2, 0.25) is 5.91 Å². The minimum absolute atomic E-state index is 0.0590. The molecule has 0 aliphatic heterocycles. The van der Waals surface area contributed by atoms with Crippen molar-refractivity contribution in [2.45, 2.75) is 25.7 Å². The number of anilines is 2. The highest BCUT2D eigenvalue weighted by Gasteiger charge is 2.30. The van der Waals surface area contributed by atoms with E-state index in [2.05, 4.69) is 10.6 Å². The lowest BCUT2D eigenvalue weighted by Gasteiger charge is -2.24. The molecule has 7 N–H and O–H groups in total. The van der Waals surface area contributed by atoms with Crippen LogP contribution in [0, 0.1) is 11.8 Å². The first-order chi connectivity index (χ1) is 11.3.